The van der Waals surface area contributed by atoms with Crippen LogP contribution < -0.4 is 0 Å². The SMILES string of the molecule is O=C(C(=O)N1CCN(C(c2ccccc2)c2ccccc2)CC1)c1cn(Cc2ccc(Cl)cc2)c2ccccc12. The van der Waals surface area contributed by atoms with E-state index in [0.717, 1.165) is 16.5 Å². The lowest BCUT2D eigenvalue weighted by Crippen LogP contribution is -2.51. The van der Waals surface area contributed by atoms with E-state index in [0.29, 0.717) is 43.3 Å². The standard InChI is InChI=1S/C34H30ClN3O2/c35-28-17-15-25(16-18-28)23-38-24-30(29-13-7-8-14-31(29)38)33(39)34(40)37-21-19-36(20-22-37)32(26-9-3-1-4-10-26)27-11-5-2-6-12-27/h1-18,24,32H,19-23H2. The molecular formula is C34H30ClN3O2. The van der Waals surface area contributed by atoms with Gasteiger partial charge in [-0.25, -0.2) is 0 Å². The second-order valence-corrected chi connectivity index (χ2v) is 10.6. The number of aromatic nitrogens is 1. The fourth-order valence-electron chi connectivity index (χ4n) is 5.67. The van der Waals surface area contributed by atoms with Crippen molar-refractivity contribution < 1.29 is 9.59 Å². The summed E-state index contributed by atoms with van der Waals surface area (Å²) in [5.41, 5.74) is 4.88. The van der Waals surface area contributed by atoms with Gasteiger partial charge in [-0.1, -0.05) is 103 Å². The van der Waals surface area contributed by atoms with Crippen molar-refractivity contribution in [1.82, 2.24) is 14.4 Å². The van der Waals surface area contributed by atoms with Gasteiger partial charge in [0.2, 0.25) is 0 Å². The van der Waals surface area contributed by atoms with Crippen molar-refractivity contribution in [2.24, 2.45) is 0 Å². The maximum atomic E-state index is 13.6. The molecule has 6 heteroatoms. The molecule has 0 aliphatic carbocycles. The first kappa shape index (κ1) is 26.1. The Kier molecular flexibility index (Phi) is 7.49. The summed E-state index contributed by atoms with van der Waals surface area (Å²) >= 11 is 6.06. The van der Waals surface area contributed by atoms with Gasteiger partial charge in [-0.3, -0.25) is 14.5 Å². The van der Waals surface area contributed by atoms with Crippen LogP contribution in [0.1, 0.15) is 33.1 Å². The van der Waals surface area contributed by atoms with E-state index in [1.807, 2.05) is 71.4 Å². The van der Waals surface area contributed by atoms with E-state index in [9.17, 15) is 9.59 Å². The molecule has 200 valence electrons. The molecule has 1 saturated heterocycles. The molecule has 0 atom stereocenters. The highest BCUT2D eigenvalue weighted by Gasteiger charge is 2.32. The summed E-state index contributed by atoms with van der Waals surface area (Å²) in [5.74, 6) is -0.896. The van der Waals surface area contributed by atoms with Crippen molar-refractivity contribution in [1.29, 1.82) is 0 Å². The number of hydrogen-bond donors (Lipinski definition) is 0. The Bertz CT molecular complexity index is 1580. The van der Waals surface area contributed by atoms with Gasteiger partial charge in [-0.2, -0.15) is 0 Å². The number of para-hydroxylation sites is 1. The number of Topliss-reactive ketones (excluding diaryl/α,β-unsaturated/α-hetero) is 1. The fourth-order valence-corrected chi connectivity index (χ4v) is 5.80. The number of ketones is 1. The van der Waals surface area contributed by atoms with Crippen molar-refractivity contribution in [3.63, 3.8) is 0 Å². The van der Waals surface area contributed by atoms with Gasteiger partial charge < -0.3 is 9.47 Å². The van der Waals surface area contributed by atoms with E-state index in [2.05, 4.69) is 53.4 Å². The normalized spacial score (nSPS) is 14.1. The summed E-state index contributed by atoms with van der Waals surface area (Å²) in [7, 11) is 0. The van der Waals surface area contributed by atoms with Crippen LogP contribution in [0.2, 0.25) is 5.02 Å². The lowest BCUT2D eigenvalue weighted by Gasteiger charge is -2.39. The Morgan fingerprint density at radius 1 is 0.700 bits per heavy atom. The predicted molar refractivity (Wildman–Crippen MR) is 160 cm³/mol. The van der Waals surface area contributed by atoms with Crippen molar-refractivity contribution in [3.05, 3.63) is 143 Å². The molecule has 1 aromatic heterocycles. The average Bonchev–Trinajstić information content (AvgIpc) is 3.37. The summed E-state index contributed by atoms with van der Waals surface area (Å²) < 4.78 is 2.03. The van der Waals surface area contributed by atoms with Crippen molar-refractivity contribution in [2.75, 3.05) is 26.2 Å². The van der Waals surface area contributed by atoms with Gasteiger partial charge in [0.05, 0.1) is 11.6 Å². The maximum absolute atomic E-state index is 13.6. The molecule has 5 aromatic rings. The van der Waals surface area contributed by atoms with Crippen LogP contribution in [-0.4, -0.2) is 52.2 Å². The Labute approximate surface area is 239 Å². The molecule has 0 saturated carbocycles. The van der Waals surface area contributed by atoms with E-state index >= 15 is 0 Å². The van der Waals surface area contributed by atoms with Gasteiger partial charge in [-0.15, -0.1) is 0 Å². The van der Waals surface area contributed by atoms with Gasteiger partial charge in [-0.05, 0) is 34.9 Å². The van der Waals surface area contributed by atoms with E-state index < -0.39 is 11.7 Å². The minimum Gasteiger partial charge on any atom is -0.342 e. The van der Waals surface area contributed by atoms with Crippen LogP contribution in [-0.2, 0) is 11.3 Å². The molecule has 0 radical (unpaired) electrons. The fraction of sp³-hybridized carbons (Fsp3) is 0.176. The number of hydrogen-bond acceptors (Lipinski definition) is 3. The lowest BCUT2D eigenvalue weighted by atomic mass is 9.96. The second kappa shape index (κ2) is 11.5. The Morgan fingerprint density at radius 2 is 1.27 bits per heavy atom. The van der Waals surface area contributed by atoms with Crippen molar-refractivity contribution in [2.45, 2.75) is 12.6 Å². The molecule has 0 spiro atoms. The minimum atomic E-state index is -0.456. The quantitative estimate of drug-likeness (QED) is 0.173. The highest BCUT2D eigenvalue weighted by atomic mass is 35.5. The van der Waals surface area contributed by atoms with Crippen LogP contribution in [0.3, 0.4) is 0 Å². The summed E-state index contributed by atoms with van der Waals surface area (Å²) in [4.78, 5) is 31.2. The Balaban J connectivity index is 1.20. The highest BCUT2D eigenvalue weighted by molar-refractivity contribution is 6.44. The molecule has 0 unspecified atom stereocenters. The van der Waals surface area contributed by atoms with Gasteiger partial charge in [0.1, 0.15) is 0 Å². The third kappa shape index (κ3) is 5.31. The number of rotatable bonds is 7. The summed E-state index contributed by atoms with van der Waals surface area (Å²) in [6.45, 7) is 2.96. The summed E-state index contributed by atoms with van der Waals surface area (Å²) in [5, 5.41) is 1.48. The maximum Gasteiger partial charge on any atom is 0.295 e. The smallest absolute Gasteiger partial charge is 0.295 e. The van der Waals surface area contributed by atoms with Gasteiger partial charge in [0.25, 0.3) is 11.7 Å². The Morgan fingerprint density at radius 3 is 1.90 bits per heavy atom. The molecule has 1 aliphatic heterocycles. The number of carbonyl (C=O) groups is 2. The predicted octanol–water partition coefficient (Wildman–Crippen LogP) is 6.46. The second-order valence-electron chi connectivity index (χ2n) is 10.2. The lowest BCUT2D eigenvalue weighted by molar-refractivity contribution is -0.128. The van der Waals surface area contributed by atoms with E-state index in [1.54, 1.807) is 4.90 Å². The van der Waals surface area contributed by atoms with Crippen molar-refractivity contribution in [3.8, 4) is 0 Å². The van der Waals surface area contributed by atoms with Crippen LogP contribution in [0.4, 0.5) is 0 Å². The molecule has 2 heterocycles. The highest BCUT2D eigenvalue weighted by Crippen LogP contribution is 2.30. The topological polar surface area (TPSA) is 45.6 Å². The van der Waals surface area contributed by atoms with E-state index in [-0.39, 0.29) is 6.04 Å². The van der Waals surface area contributed by atoms with Crippen LogP contribution in [0.25, 0.3) is 10.9 Å². The first-order valence-electron chi connectivity index (χ1n) is 13.6. The van der Waals surface area contributed by atoms with Gasteiger partial charge >= 0.3 is 0 Å². The molecule has 6 rings (SSSR count). The molecular weight excluding hydrogens is 518 g/mol. The monoisotopic (exact) mass is 547 g/mol. The number of piperazine rings is 1. The number of amides is 1. The first-order valence-corrected chi connectivity index (χ1v) is 14.0. The van der Waals surface area contributed by atoms with Gasteiger partial charge in [0, 0.05) is 54.8 Å². The largest absolute Gasteiger partial charge is 0.342 e. The molecule has 0 N–H and O–H groups in total. The van der Waals surface area contributed by atoms with Crippen LogP contribution in [0, 0.1) is 0 Å². The summed E-state index contributed by atoms with van der Waals surface area (Å²) in [6.07, 6.45) is 1.82. The summed E-state index contributed by atoms with van der Waals surface area (Å²) in [6, 6.07) is 36.4. The van der Waals surface area contributed by atoms with Gasteiger partial charge in [0.15, 0.2) is 0 Å². The molecule has 1 fully saturated rings. The number of halogens is 1. The molecule has 40 heavy (non-hydrogen) atoms. The molecule has 4 aromatic carbocycles. The molecule has 1 aliphatic rings. The zero-order valence-electron chi connectivity index (χ0n) is 22.1. The first-order chi connectivity index (χ1) is 19.6. The molecule has 0 bridgehead atoms. The van der Waals surface area contributed by atoms with Crippen LogP contribution in [0.5, 0.6) is 0 Å². The average molecular weight is 548 g/mol. The zero-order chi connectivity index (χ0) is 27.5. The van der Waals surface area contributed by atoms with Crippen molar-refractivity contribution >= 4 is 34.2 Å². The number of fused-ring (bicyclic) bond motifs is 1. The molecule has 5 nitrogen and oxygen atoms in total. The van der Waals surface area contributed by atoms with E-state index in [1.165, 1.54) is 11.1 Å². The number of carbonyl (C=O) groups excluding carboxylic acids is 2. The third-order valence-corrected chi connectivity index (χ3v) is 7.94. The van der Waals surface area contributed by atoms with Crippen LogP contribution >= 0.6 is 11.6 Å². The zero-order valence-corrected chi connectivity index (χ0v) is 22.9. The Hall–Kier alpha value is -4.19. The third-order valence-electron chi connectivity index (χ3n) is 7.69. The minimum absolute atomic E-state index is 0.0983. The number of benzene rings is 4. The molecule has 1 amide bonds. The van der Waals surface area contributed by atoms with Crippen LogP contribution in [0.15, 0.2) is 115 Å². The van der Waals surface area contributed by atoms with E-state index in [4.69, 9.17) is 11.6 Å². The number of nitrogens with zero attached hydrogens (tertiary/aromatic N) is 3.